The first-order valence-corrected chi connectivity index (χ1v) is 13.9. The van der Waals surface area contributed by atoms with E-state index in [9.17, 15) is 28.1 Å². The minimum absolute atomic E-state index is 0.00364. The molecule has 1 unspecified atom stereocenters. The summed E-state index contributed by atoms with van der Waals surface area (Å²) in [5, 5.41) is 14.2. The van der Waals surface area contributed by atoms with Gasteiger partial charge in [-0.2, -0.15) is 0 Å². The number of carbonyl (C=O) groups excluding carboxylic acids is 2. The second-order valence-corrected chi connectivity index (χ2v) is 11.2. The van der Waals surface area contributed by atoms with Gasteiger partial charge in [0.05, 0.1) is 22.6 Å². The van der Waals surface area contributed by atoms with E-state index in [1.807, 2.05) is 0 Å². The molecule has 2 amide bonds. The number of carbonyl (C=O) groups is 2. The minimum Gasteiger partial charge on any atom is -0.497 e. The Labute approximate surface area is 233 Å². The molecule has 3 aromatic rings. The van der Waals surface area contributed by atoms with Crippen molar-refractivity contribution in [1.29, 1.82) is 0 Å². The van der Waals surface area contributed by atoms with Gasteiger partial charge < -0.3 is 15.0 Å². The van der Waals surface area contributed by atoms with Crippen LogP contribution in [0.4, 0.5) is 11.4 Å². The zero-order valence-electron chi connectivity index (χ0n) is 22.7. The van der Waals surface area contributed by atoms with Crippen LogP contribution >= 0.6 is 0 Å². The predicted octanol–water partition coefficient (Wildman–Crippen LogP) is 3.74. The van der Waals surface area contributed by atoms with Crippen LogP contribution in [0.2, 0.25) is 0 Å². The number of hydrogen-bond donors (Lipinski definition) is 1. The Hall–Kier alpha value is -4.45. The molecule has 0 aliphatic rings. The lowest BCUT2D eigenvalue weighted by Crippen LogP contribution is -2.52. The molecule has 0 heterocycles. The summed E-state index contributed by atoms with van der Waals surface area (Å²) in [5.41, 5.74) is 0.291. The van der Waals surface area contributed by atoms with Crippen LogP contribution in [0.25, 0.3) is 0 Å². The number of nitro groups is 1. The molecule has 0 fully saturated rings. The molecule has 11 nitrogen and oxygen atoms in total. The number of methoxy groups -OCH3 is 1. The van der Waals surface area contributed by atoms with Crippen molar-refractivity contribution in [3.8, 4) is 5.75 Å². The number of nitro benzene ring substituents is 1. The van der Waals surface area contributed by atoms with Gasteiger partial charge in [-0.05, 0) is 56.7 Å². The minimum atomic E-state index is -4.33. The third-order valence-corrected chi connectivity index (χ3v) is 7.84. The summed E-state index contributed by atoms with van der Waals surface area (Å²) in [6.07, 6.45) is 0. The maximum absolute atomic E-state index is 13.9. The van der Waals surface area contributed by atoms with Crippen molar-refractivity contribution in [1.82, 2.24) is 10.2 Å². The van der Waals surface area contributed by atoms with Crippen molar-refractivity contribution in [2.24, 2.45) is 0 Å². The predicted molar refractivity (Wildman–Crippen MR) is 150 cm³/mol. The van der Waals surface area contributed by atoms with Crippen LogP contribution < -0.4 is 14.4 Å². The molecule has 3 rings (SSSR count). The molecule has 0 spiro atoms. The van der Waals surface area contributed by atoms with Crippen LogP contribution in [0.15, 0.2) is 83.8 Å². The molecule has 0 aliphatic heterocycles. The number of benzene rings is 3. The molecule has 1 atom stereocenters. The van der Waals surface area contributed by atoms with Gasteiger partial charge in [-0.25, -0.2) is 8.42 Å². The molecule has 3 aromatic carbocycles. The number of non-ortho nitro benzene ring substituents is 1. The average Bonchev–Trinajstić information content (AvgIpc) is 2.94. The number of rotatable bonds is 12. The van der Waals surface area contributed by atoms with Crippen molar-refractivity contribution < 1.29 is 27.7 Å². The van der Waals surface area contributed by atoms with E-state index in [1.54, 1.807) is 51.1 Å². The Bertz CT molecular complexity index is 1440. The fourth-order valence-corrected chi connectivity index (χ4v) is 5.35. The quantitative estimate of drug-likeness (QED) is 0.259. The van der Waals surface area contributed by atoms with E-state index in [0.29, 0.717) is 11.3 Å². The molecule has 0 saturated heterocycles. The lowest BCUT2D eigenvalue weighted by molar-refractivity contribution is -0.384. The lowest BCUT2D eigenvalue weighted by atomic mass is 10.1. The van der Waals surface area contributed by atoms with Crippen LogP contribution in [0, 0.1) is 10.1 Å². The van der Waals surface area contributed by atoms with Gasteiger partial charge in [0.2, 0.25) is 11.8 Å². The van der Waals surface area contributed by atoms with Gasteiger partial charge in [-0.3, -0.25) is 24.0 Å². The molecule has 0 saturated carbocycles. The van der Waals surface area contributed by atoms with Gasteiger partial charge in [0.25, 0.3) is 15.7 Å². The van der Waals surface area contributed by atoms with Gasteiger partial charge in [0, 0.05) is 24.7 Å². The van der Waals surface area contributed by atoms with Crippen LogP contribution in [-0.4, -0.2) is 55.8 Å². The number of nitrogens with one attached hydrogen (secondary N) is 1. The summed E-state index contributed by atoms with van der Waals surface area (Å²) in [6.45, 7) is 4.44. The normalized spacial score (nSPS) is 11.9. The molecular weight excluding hydrogens is 536 g/mol. The molecule has 0 aromatic heterocycles. The second-order valence-electron chi connectivity index (χ2n) is 9.31. The molecule has 1 N–H and O–H groups in total. The maximum atomic E-state index is 13.9. The molecule has 0 radical (unpaired) electrons. The van der Waals surface area contributed by atoms with Gasteiger partial charge in [0.1, 0.15) is 18.3 Å². The number of ether oxygens (including phenoxy) is 1. The molecule has 12 heteroatoms. The largest absolute Gasteiger partial charge is 0.497 e. The highest BCUT2D eigenvalue weighted by molar-refractivity contribution is 7.92. The molecule has 40 heavy (non-hydrogen) atoms. The molecule has 212 valence electrons. The molecular formula is C28H32N4O7S. The Kier molecular flexibility index (Phi) is 9.83. The number of hydrogen-bond acceptors (Lipinski definition) is 7. The average molecular weight is 569 g/mol. The first-order chi connectivity index (χ1) is 18.9. The fourth-order valence-electron chi connectivity index (χ4n) is 3.93. The summed E-state index contributed by atoms with van der Waals surface area (Å²) in [6, 6.07) is 18.3. The fraction of sp³-hybridized carbons (Fsp3) is 0.286. The van der Waals surface area contributed by atoms with Crippen LogP contribution in [0.1, 0.15) is 26.3 Å². The van der Waals surface area contributed by atoms with Crippen molar-refractivity contribution >= 4 is 33.2 Å². The van der Waals surface area contributed by atoms with E-state index < -0.39 is 39.3 Å². The van der Waals surface area contributed by atoms with Crippen LogP contribution in [-0.2, 0) is 26.2 Å². The standard InChI is InChI=1S/C28H32N4O7S/c1-20(2)29-28(34)21(3)30(18-22-13-15-25(39-4)16-14-22)27(33)19-31(23-9-8-10-24(17-23)32(35)36)40(37,38)26-11-6-5-7-12-26/h5-17,20-21H,18-19H2,1-4H3,(H,29,34). The van der Waals surface area contributed by atoms with Crippen molar-refractivity contribution in [2.45, 2.75) is 44.3 Å². The van der Waals surface area contributed by atoms with Gasteiger partial charge >= 0.3 is 0 Å². The monoisotopic (exact) mass is 568 g/mol. The molecule has 0 bridgehead atoms. The summed E-state index contributed by atoms with van der Waals surface area (Å²) in [7, 11) is -2.80. The van der Waals surface area contributed by atoms with E-state index in [0.717, 1.165) is 10.4 Å². The van der Waals surface area contributed by atoms with Crippen molar-refractivity contribution in [3.63, 3.8) is 0 Å². The highest BCUT2D eigenvalue weighted by Gasteiger charge is 2.33. The summed E-state index contributed by atoms with van der Waals surface area (Å²) >= 11 is 0. The topological polar surface area (TPSA) is 139 Å². The van der Waals surface area contributed by atoms with E-state index in [-0.39, 0.29) is 28.9 Å². The lowest BCUT2D eigenvalue weighted by Gasteiger charge is -2.32. The molecule has 0 aliphatic carbocycles. The van der Waals surface area contributed by atoms with E-state index >= 15 is 0 Å². The SMILES string of the molecule is COc1ccc(CN(C(=O)CN(c2cccc([N+](=O)[O-])c2)S(=O)(=O)c2ccccc2)C(C)C(=O)NC(C)C)cc1. The van der Waals surface area contributed by atoms with Gasteiger partial charge in [0.15, 0.2) is 0 Å². The summed E-state index contributed by atoms with van der Waals surface area (Å²) in [5.74, 6) is -0.476. The Balaban J connectivity index is 2.05. The summed E-state index contributed by atoms with van der Waals surface area (Å²) in [4.78, 5) is 38.8. The number of sulfonamides is 1. The first-order valence-electron chi connectivity index (χ1n) is 12.5. The van der Waals surface area contributed by atoms with E-state index in [4.69, 9.17) is 4.74 Å². The third-order valence-electron chi connectivity index (χ3n) is 6.05. The maximum Gasteiger partial charge on any atom is 0.271 e. The van der Waals surface area contributed by atoms with Gasteiger partial charge in [-0.15, -0.1) is 0 Å². The van der Waals surface area contributed by atoms with Crippen LogP contribution in [0.3, 0.4) is 0 Å². The second kappa shape index (κ2) is 13.1. The number of nitrogens with zero attached hydrogens (tertiary/aromatic N) is 3. The Morgan fingerprint density at radius 3 is 2.20 bits per heavy atom. The number of anilines is 1. The van der Waals surface area contributed by atoms with E-state index in [2.05, 4.69) is 5.32 Å². The highest BCUT2D eigenvalue weighted by atomic mass is 32.2. The third kappa shape index (κ3) is 7.35. The Morgan fingerprint density at radius 2 is 1.62 bits per heavy atom. The van der Waals surface area contributed by atoms with Crippen molar-refractivity contribution in [2.75, 3.05) is 18.0 Å². The van der Waals surface area contributed by atoms with E-state index in [1.165, 1.54) is 54.5 Å². The van der Waals surface area contributed by atoms with Crippen LogP contribution in [0.5, 0.6) is 5.75 Å². The highest BCUT2D eigenvalue weighted by Crippen LogP contribution is 2.27. The number of amides is 2. The van der Waals surface area contributed by atoms with Crippen molar-refractivity contribution in [3.05, 3.63) is 94.5 Å². The first kappa shape index (κ1) is 30.1. The Morgan fingerprint density at radius 1 is 0.975 bits per heavy atom. The summed E-state index contributed by atoms with van der Waals surface area (Å²) < 4.78 is 33.5. The zero-order chi connectivity index (χ0) is 29.4. The zero-order valence-corrected chi connectivity index (χ0v) is 23.5. The smallest absolute Gasteiger partial charge is 0.271 e. The van der Waals surface area contributed by atoms with Gasteiger partial charge in [-0.1, -0.05) is 36.4 Å².